The van der Waals surface area contributed by atoms with Gasteiger partial charge in [-0.2, -0.15) is 0 Å². The van der Waals surface area contributed by atoms with E-state index < -0.39 is 0 Å². The Morgan fingerprint density at radius 2 is 2.45 bits per heavy atom. The molecule has 0 fully saturated rings. The molecular weight excluding hydrogens is 156 g/mol. The molecule has 0 spiro atoms. The Kier molecular flexibility index (Phi) is 6.38. The van der Waals surface area contributed by atoms with Crippen LogP contribution in [0.25, 0.3) is 0 Å². The van der Waals surface area contributed by atoms with E-state index in [0.717, 1.165) is 10.2 Å². The molecule has 0 heterocycles. The molecule has 0 saturated carbocycles. The molecule has 0 N–H and O–H groups in total. The first kappa shape index (κ1) is 9.95. The van der Waals surface area contributed by atoms with Gasteiger partial charge in [0, 0.05) is 10.2 Å². The lowest BCUT2D eigenvalue weighted by atomic mass is 10.4. The van der Waals surface area contributed by atoms with E-state index in [2.05, 4.69) is 10.5 Å². The van der Waals surface area contributed by atoms with Gasteiger partial charge in [-0.3, -0.25) is 4.79 Å². The van der Waals surface area contributed by atoms with Crippen molar-refractivity contribution >= 4 is 16.2 Å². The van der Waals surface area contributed by atoms with E-state index in [0.29, 0.717) is 0 Å². The maximum absolute atomic E-state index is 10.7. The number of esters is 1. The third kappa shape index (κ3) is 6.84. The molecule has 0 atom stereocenters. The Hall–Kier alpha value is -1.05. The lowest BCUT2D eigenvalue weighted by molar-refractivity contribution is -0.136. The molecule has 2 nitrogen and oxygen atoms in total. The van der Waals surface area contributed by atoms with Gasteiger partial charge in [0.15, 0.2) is 0 Å². The summed E-state index contributed by atoms with van der Waals surface area (Å²) >= 11 is 0. The Labute approximate surface area is 69.7 Å². The second-order valence-electron chi connectivity index (χ2n) is 1.82. The van der Waals surface area contributed by atoms with Crippen LogP contribution in [0.15, 0.2) is 29.8 Å². The van der Waals surface area contributed by atoms with Crippen molar-refractivity contribution in [2.45, 2.75) is 13.3 Å². The highest BCUT2D eigenvalue weighted by atomic mass is 28.1. The maximum atomic E-state index is 10.7. The Morgan fingerprint density at radius 1 is 1.73 bits per heavy atom. The van der Waals surface area contributed by atoms with Crippen LogP contribution in [0.1, 0.15) is 13.3 Å². The monoisotopic (exact) mass is 168 g/mol. The minimum atomic E-state index is -0.244. The largest absolute Gasteiger partial charge is 0.435 e. The van der Waals surface area contributed by atoms with Crippen LogP contribution in [0, 0.1) is 0 Å². The van der Waals surface area contributed by atoms with E-state index in [1.807, 2.05) is 6.92 Å². The molecule has 0 saturated heterocycles. The van der Waals surface area contributed by atoms with Gasteiger partial charge in [0.05, 0.1) is 12.7 Å². The van der Waals surface area contributed by atoms with Crippen molar-refractivity contribution in [1.82, 2.24) is 0 Å². The average Bonchev–Trinajstić information content (AvgIpc) is 2.01. The SMILES string of the molecule is CC=C=CCC(=O)OC=C[SiH3]. The molecule has 0 aliphatic heterocycles. The van der Waals surface area contributed by atoms with E-state index >= 15 is 0 Å². The fraction of sp³-hybridized carbons (Fsp3) is 0.250. The molecule has 0 aromatic heterocycles. The van der Waals surface area contributed by atoms with Crippen molar-refractivity contribution < 1.29 is 9.53 Å². The van der Waals surface area contributed by atoms with Gasteiger partial charge < -0.3 is 4.74 Å². The van der Waals surface area contributed by atoms with Gasteiger partial charge in [0.2, 0.25) is 0 Å². The summed E-state index contributed by atoms with van der Waals surface area (Å²) in [6.45, 7) is 1.85. The number of hydrogen-bond acceptors (Lipinski definition) is 2. The summed E-state index contributed by atoms with van der Waals surface area (Å²) in [5.74, 6) is -0.244. The fourth-order valence-corrected chi connectivity index (χ4v) is 0.588. The highest BCUT2D eigenvalue weighted by Gasteiger charge is 1.93. The van der Waals surface area contributed by atoms with E-state index in [1.165, 1.54) is 6.26 Å². The highest BCUT2D eigenvalue weighted by molar-refractivity contribution is 6.16. The normalized spacial score (nSPS) is 9.18. The number of hydrogen-bond donors (Lipinski definition) is 0. The lowest BCUT2D eigenvalue weighted by Crippen LogP contribution is -1.95. The minimum absolute atomic E-state index is 0.244. The summed E-state index contributed by atoms with van der Waals surface area (Å²) in [7, 11) is 0.910. The summed E-state index contributed by atoms with van der Waals surface area (Å²) in [6, 6.07) is 0. The van der Waals surface area contributed by atoms with Crippen molar-refractivity contribution in [1.29, 1.82) is 0 Å². The standard InChI is InChI=1S/C8H12O2Si/c1-2-3-4-5-8(9)10-6-7-11/h2,4,6-7H,5H2,1,11H3. The molecule has 0 amide bonds. The van der Waals surface area contributed by atoms with Gasteiger partial charge in [-0.05, 0) is 19.1 Å². The van der Waals surface area contributed by atoms with Gasteiger partial charge >= 0.3 is 5.97 Å². The minimum Gasteiger partial charge on any atom is -0.435 e. The topological polar surface area (TPSA) is 26.3 Å². The molecule has 0 aliphatic carbocycles. The molecule has 0 aromatic carbocycles. The Balaban J connectivity index is 3.61. The zero-order chi connectivity index (χ0) is 8.53. The van der Waals surface area contributed by atoms with Crippen LogP contribution in [-0.4, -0.2) is 16.2 Å². The molecule has 0 aliphatic rings. The second kappa shape index (κ2) is 7.06. The van der Waals surface area contributed by atoms with Gasteiger partial charge in [0.1, 0.15) is 0 Å². The van der Waals surface area contributed by atoms with Crippen LogP contribution in [0.4, 0.5) is 0 Å². The van der Waals surface area contributed by atoms with Crippen molar-refractivity contribution in [3.63, 3.8) is 0 Å². The van der Waals surface area contributed by atoms with Gasteiger partial charge in [-0.15, -0.1) is 5.73 Å². The zero-order valence-electron chi connectivity index (χ0n) is 6.83. The Bertz CT molecular complexity index is 200. The average molecular weight is 168 g/mol. The molecule has 0 rings (SSSR count). The first-order valence-corrected chi connectivity index (χ1v) is 4.63. The number of carbonyl (C=O) groups is 1. The molecule has 0 radical (unpaired) electrons. The number of carbonyl (C=O) groups excluding carboxylic acids is 1. The molecule has 0 unspecified atom stereocenters. The summed E-state index contributed by atoms with van der Waals surface area (Å²) < 4.78 is 4.67. The second-order valence-corrected chi connectivity index (χ2v) is 2.49. The number of ether oxygens (including phenoxy) is 1. The van der Waals surface area contributed by atoms with Crippen LogP contribution in [-0.2, 0) is 9.53 Å². The third-order valence-corrected chi connectivity index (χ3v) is 1.16. The highest BCUT2D eigenvalue weighted by Crippen LogP contribution is 1.87. The van der Waals surface area contributed by atoms with Crippen LogP contribution < -0.4 is 0 Å². The van der Waals surface area contributed by atoms with E-state index in [1.54, 1.807) is 17.9 Å². The smallest absolute Gasteiger partial charge is 0.315 e. The quantitative estimate of drug-likeness (QED) is 0.265. The Morgan fingerprint density at radius 3 is 3.00 bits per heavy atom. The van der Waals surface area contributed by atoms with Crippen LogP contribution in [0.5, 0.6) is 0 Å². The summed E-state index contributed by atoms with van der Waals surface area (Å²) in [6.07, 6.45) is 5.10. The predicted molar refractivity (Wildman–Crippen MR) is 48.1 cm³/mol. The van der Waals surface area contributed by atoms with E-state index in [9.17, 15) is 4.79 Å². The van der Waals surface area contributed by atoms with Gasteiger partial charge in [-0.25, -0.2) is 0 Å². The molecule has 11 heavy (non-hydrogen) atoms. The van der Waals surface area contributed by atoms with Crippen molar-refractivity contribution in [3.8, 4) is 0 Å². The molecule has 0 bridgehead atoms. The van der Waals surface area contributed by atoms with Crippen LogP contribution >= 0.6 is 0 Å². The summed E-state index contributed by atoms with van der Waals surface area (Å²) in [4.78, 5) is 10.7. The van der Waals surface area contributed by atoms with Crippen molar-refractivity contribution in [2.75, 3.05) is 0 Å². The van der Waals surface area contributed by atoms with E-state index in [-0.39, 0.29) is 12.4 Å². The van der Waals surface area contributed by atoms with Crippen LogP contribution in [0.3, 0.4) is 0 Å². The molecular formula is C8H12O2Si. The van der Waals surface area contributed by atoms with Gasteiger partial charge in [0.25, 0.3) is 0 Å². The molecule has 3 heteroatoms. The fourth-order valence-electron chi connectivity index (χ4n) is 0.452. The third-order valence-electron chi connectivity index (χ3n) is 0.889. The van der Waals surface area contributed by atoms with Gasteiger partial charge in [-0.1, -0.05) is 5.70 Å². The van der Waals surface area contributed by atoms with Crippen molar-refractivity contribution in [3.05, 3.63) is 29.8 Å². The van der Waals surface area contributed by atoms with Crippen LogP contribution in [0.2, 0.25) is 0 Å². The number of rotatable bonds is 3. The summed E-state index contributed by atoms with van der Waals surface area (Å²) in [5, 5.41) is 0. The molecule has 60 valence electrons. The lowest BCUT2D eigenvalue weighted by Gasteiger charge is -1.91. The first-order valence-electron chi connectivity index (χ1n) is 3.47. The van der Waals surface area contributed by atoms with Crippen molar-refractivity contribution in [2.24, 2.45) is 0 Å². The maximum Gasteiger partial charge on any atom is 0.315 e. The predicted octanol–water partition coefficient (Wildman–Crippen LogP) is 0.487. The zero-order valence-corrected chi connectivity index (χ0v) is 8.83. The summed E-state index contributed by atoms with van der Waals surface area (Å²) in [5.41, 5.74) is 4.59. The van der Waals surface area contributed by atoms with E-state index in [4.69, 9.17) is 0 Å². The molecule has 0 aromatic rings. The first-order chi connectivity index (χ1) is 5.31.